The number of fused-ring (bicyclic) bond motifs is 3. The third-order valence-electron chi connectivity index (χ3n) is 3.82. The molecule has 0 saturated carbocycles. The predicted molar refractivity (Wildman–Crippen MR) is 72.3 cm³/mol. The molecule has 0 radical (unpaired) electrons. The number of ether oxygens (including phenoxy) is 5. The Bertz CT molecular complexity index is 457. The van der Waals surface area contributed by atoms with Gasteiger partial charge in [-0.25, -0.2) is 0 Å². The summed E-state index contributed by atoms with van der Waals surface area (Å²) >= 11 is 0. The maximum absolute atomic E-state index is 12.3. The second-order valence-electron chi connectivity index (χ2n) is 6.55. The molecule has 3 fully saturated rings. The Morgan fingerprint density at radius 3 is 2.24 bits per heavy atom. The monoisotopic (exact) mass is 298 g/mol. The molecule has 118 valence electrons. The first-order valence-corrected chi connectivity index (χ1v) is 7.23. The van der Waals surface area contributed by atoms with Crippen molar-refractivity contribution in [3.8, 4) is 0 Å². The average molecular weight is 298 g/mol. The second kappa shape index (κ2) is 4.86. The molecule has 0 spiro atoms. The number of carbonyl (C=O) groups is 1. The summed E-state index contributed by atoms with van der Waals surface area (Å²) in [6.45, 7) is 10.8. The number of hydrogen-bond donors (Lipinski definition) is 0. The van der Waals surface area contributed by atoms with Crippen LogP contribution >= 0.6 is 0 Å². The van der Waals surface area contributed by atoms with Crippen molar-refractivity contribution in [2.75, 3.05) is 0 Å². The quantitative estimate of drug-likeness (QED) is 0.736. The van der Waals surface area contributed by atoms with E-state index in [2.05, 4.69) is 6.58 Å². The van der Waals surface area contributed by atoms with E-state index in [1.54, 1.807) is 6.08 Å². The van der Waals surface area contributed by atoms with Gasteiger partial charge in [-0.05, 0) is 27.7 Å². The summed E-state index contributed by atoms with van der Waals surface area (Å²) in [7, 11) is 0. The summed E-state index contributed by atoms with van der Waals surface area (Å²) in [5, 5.41) is 0. The van der Waals surface area contributed by atoms with Gasteiger partial charge in [0.2, 0.25) is 0 Å². The van der Waals surface area contributed by atoms with Crippen molar-refractivity contribution in [3.63, 3.8) is 0 Å². The number of allylic oxidation sites excluding steroid dienone is 1. The molecule has 3 aliphatic heterocycles. The normalized spacial score (nSPS) is 43.1. The van der Waals surface area contributed by atoms with Gasteiger partial charge < -0.3 is 23.7 Å². The molecule has 0 aromatic carbocycles. The molecule has 3 aliphatic rings. The van der Waals surface area contributed by atoms with Crippen molar-refractivity contribution < 1.29 is 28.5 Å². The van der Waals surface area contributed by atoms with E-state index in [1.807, 2.05) is 27.7 Å². The molecule has 0 aromatic heterocycles. The van der Waals surface area contributed by atoms with Crippen molar-refractivity contribution in [2.24, 2.45) is 0 Å². The molecule has 3 saturated heterocycles. The zero-order chi connectivity index (χ0) is 15.4. The van der Waals surface area contributed by atoms with Crippen LogP contribution in [-0.4, -0.2) is 48.1 Å². The fourth-order valence-corrected chi connectivity index (χ4v) is 3.13. The highest BCUT2D eigenvalue weighted by Gasteiger charge is 2.61. The van der Waals surface area contributed by atoms with Crippen LogP contribution in [0.25, 0.3) is 0 Å². The largest absolute Gasteiger partial charge is 0.342 e. The minimum Gasteiger partial charge on any atom is -0.342 e. The topological polar surface area (TPSA) is 63.2 Å². The molecule has 0 amide bonds. The SMILES string of the molecule is C=CCC(=O)[C@H]1O[C@@H]2OC(C)(C)O[C@@H]2[C@H]2OC(C)(C)O[C@H]21. The third-order valence-corrected chi connectivity index (χ3v) is 3.82. The van der Waals surface area contributed by atoms with E-state index in [0.29, 0.717) is 0 Å². The standard InChI is InChI=1S/C15H22O6/c1-6-7-8(16)9-10-11(19-14(2,3)18-10)12-13(17-9)21-15(4,5)20-12/h6,9-13H,1,7H2,2-5H3/t9-,10+,11+,12-,13-/m1/s1. The van der Waals surface area contributed by atoms with Crippen LogP contribution < -0.4 is 0 Å². The lowest BCUT2D eigenvalue weighted by Crippen LogP contribution is -2.57. The summed E-state index contributed by atoms with van der Waals surface area (Å²) < 4.78 is 29.2. The van der Waals surface area contributed by atoms with Crippen molar-refractivity contribution in [1.29, 1.82) is 0 Å². The number of ketones is 1. The first kappa shape index (κ1) is 15.1. The van der Waals surface area contributed by atoms with Crippen molar-refractivity contribution >= 4 is 5.78 Å². The van der Waals surface area contributed by atoms with Crippen LogP contribution in [0.5, 0.6) is 0 Å². The zero-order valence-corrected chi connectivity index (χ0v) is 12.8. The summed E-state index contributed by atoms with van der Waals surface area (Å²) in [6, 6.07) is 0. The van der Waals surface area contributed by atoms with Crippen LogP contribution in [0.15, 0.2) is 12.7 Å². The molecule has 5 atom stereocenters. The minimum atomic E-state index is -0.781. The molecule has 0 aromatic rings. The Balaban J connectivity index is 1.88. The first-order chi connectivity index (χ1) is 9.72. The highest BCUT2D eigenvalue weighted by atomic mass is 16.9. The van der Waals surface area contributed by atoms with Crippen LogP contribution in [0, 0.1) is 0 Å². The molecule has 6 heteroatoms. The Kier molecular flexibility index (Phi) is 3.50. The molecule has 0 aliphatic carbocycles. The molecule has 0 unspecified atom stereocenters. The molecule has 21 heavy (non-hydrogen) atoms. The highest BCUT2D eigenvalue weighted by Crippen LogP contribution is 2.44. The van der Waals surface area contributed by atoms with Gasteiger partial charge in [-0.1, -0.05) is 6.08 Å². The van der Waals surface area contributed by atoms with Crippen LogP contribution in [0.2, 0.25) is 0 Å². The highest BCUT2D eigenvalue weighted by molar-refractivity contribution is 5.85. The Morgan fingerprint density at radius 2 is 1.57 bits per heavy atom. The van der Waals surface area contributed by atoms with E-state index in [0.717, 1.165) is 0 Å². The molecular formula is C15H22O6. The number of carbonyl (C=O) groups excluding carboxylic acids is 1. The van der Waals surface area contributed by atoms with E-state index in [-0.39, 0.29) is 18.3 Å². The first-order valence-electron chi connectivity index (χ1n) is 7.23. The van der Waals surface area contributed by atoms with Crippen LogP contribution in [-0.2, 0) is 28.5 Å². The van der Waals surface area contributed by atoms with Crippen LogP contribution in [0.4, 0.5) is 0 Å². The van der Waals surface area contributed by atoms with Gasteiger partial charge in [-0.2, -0.15) is 0 Å². The Morgan fingerprint density at radius 1 is 1.00 bits per heavy atom. The number of Topliss-reactive ketones (excluding diaryl/α,β-unsaturated/α-hetero) is 1. The smallest absolute Gasteiger partial charge is 0.190 e. The molecular weight excluding hydrogens is 276 g/mol. The van der Waals surface area contributed by atoms with E-state index in [4.69, 9.17) is 23.7 Å². The predicted octanol–water partition coefficient (Wildman–Crippen LogP) is 1.53. The van der Waals surface area contributed by atoms with Gasteiger partial charge in [0.25, 0.3) is 0 Å². The van der Waals surface area contributed by atoms with E-state index < -0.39 is 36.2 Å². The lowest BCUT2D eigenvalue weighted by molar-refractivity contribution is -0.230. The molecule has 0 N–H and O–H groups in total. The van der Waals surface area contributed by atoms with Gasteiger partial charge in [0.1, 0.15) is 24.4 Å². The Hall–Kier alpha value is -0.790. The summed E-state index contributed by atoms with van der Waals surface area (Å²) in [5.74, 6) is -1.64. The van der Waals surface area contributed by atoms with Crippen LogP contribution in [0.1, 0.15) is 34.1 Å². The van der Waals surface area contributed by atoms with E-state index in [9.17, 15) is 4.79 Å². The fraction of sp³-hybridized carbons (Fsp3) is 0.800. The lowest BCUT2D eigenvalue weighted by Gasteiger charge is -2.36. The van der Waals surface area contributed by atoms with E-state index in [1.165, 1.54) is 0 Å². The zero-order valence-electron chi connectivity index (χ0n) is 12.8. The van der Waals surface area contributed by atoms with Gasteiger partial charge in [0.05, 0.1) is 0 Å². The maximum atomic E-state index is 12.3. The second-order valence-corrected chi connectivity index (χ2v) is 6.55. The number of hydrogen-bond acceptors (Lipinski definition) is 6. The molecule has 0 bridgehead atoms. The van der Waals surface area contributed by atoms with E-state index >= 15 is 0 Å². The van der Waals surface area contributed by atoms with Crippen molar-refractivity contribution in [3.05, 3.63) is 12.7 Å². The van der Waals surface area contributed by atoms with Gasteiger partial charge in [-0.15, -0.1) is 6.58 Å². The number of rotatable bonds is 3. The molecule has 3 rings (SSSR count). The summed E-state index contributed by atoms with van der Waals surface area (Å²) in [5.41, 5.74) is 0. The Labute approximate surface area is 124 Å². The van der Waals surface area contributed by atoms with Gasteiger partial charge >= 0.3 is 0 Å². The summed E-state index contributed by atoms with van der Waals surface area (Å²) in [6.07, 6.45) is -0.862. The van der Waals surface area contributed by atoms with Gasteiger partial charge in [0, 0.05) is 6.42 Å². The minimum absolute atomic E-state index is 0.0898. The lowest BCUT2D eigenvalue weighted by atomic mass is 9.95. The van der Waals surface area contributed by atoms with Gasteiger partial charge in [-0.3, -0.25) is 4.79 Å². The van der Waals surface area contributed by atoms with Crippen molar-refractivity contribution in [1.82, 2.24) is 0 Å². The fourth-order valence-electron chi connectivity index (χ4n) is 3.13. The maximum Gasteiger partial charge on any atom is 0.190 e. The van der Waals surface area contributed by atoms with Gasteiger partial charge in [0.15, 0.2) is 23.6 Å². The average Bonchev–Trinajstić information content (AvgIpc) is 2.82. The van der Waals surface area contributed by atoms with Crippen molar-refractivity contribution in [2.45, 2.75) is 76.4 Å². The third kappa shape index (κ3) is 2.66. The van der Waals surface area contributed by atoms with Crippen LogP contribution in [0.3, 0.4) is 0 Å². The molecule has 3 heterocycles. The molecule has 6 nitrogen and oxygen atoms in total. The summed E-state index contributed by atoms with van der Waals surface area (Å²) in [4.78, 5) is 12.3.